The summed E-state index contributed by atoms with van der Waals surface area (Å²) in [7, 11) is 0. The van der Waals surface area contributed by atoms with Crippen LogP contribution in [0.3, 0.4) is 0 Å². The van der Waals surface area contributed by atoms with E-state index in [0.29, 0.717) is 23.7 Å². The van der Waals surface area contributed by atoms with Gasteiger partial charge in [-0.2, -0.15) is 18.2 Å². The molecule has 0 bridgehead atoms. The molecule has 8 heteroatoms. The van der Waals surface area contributed by atoms with Gasteiger partial charge in [0, 0.05) is 11.9 Å². The van der Waals surface area contributed by atoms with Crippen LogP contribution in [0.25, 0.3) is 0 Å². The molecule has 0 aliphatic heterocycles. The Morgan fingerprint density at radius 2 is 1.57 bits per heavy atom. The fourth-order valence-corrected chi connectivity index (χ4v) is 3.57. The minimum absolute atomic E-state index is 0.0700. The van der Waals surface area contributed by atoms with Crippen molar-refractivity contribution in [3.8, 4) is 5.75 Å². The highest BCUT2D eigenvalue weighted by molar-refractivity contribution is 5.67. The van der Waals surface area contributed by atoms with Crippen molar-refractivity contribution in [1.82, 2.24) is 9.97 Å². The lowest BCUT2D eigenvalue weighted by atomic mass is 10.1. The molecule has 0 fully saturated rings. The fraction of sp³-hybridized carbons (Fsp3) is 0.407. The first-order valence-electron chi connectivity index (χ1n) is 12.2. The number of anilines is 4. The number of benzene rings is 2. The number of hydrogen-bond donors (Lipinski definition) is 2. The second-order valence-electron chi connectivity index (χ2n) is 8.41. The Morgan fingerprint density at radius 1 is 0.857 bits per heavy atom. The third-order valence-corrected chi connectivity index (χ3v) is 5.52. The normalized spacial score (nSPS) is 11.3. The number of unbranched alkanes of at least 4 members (excludes halogenated alkanes) is 4. The predicted molar refractivity (Wildman–Crippen MR) is 135 cm³/mol. The monoisotopic (exact) mass is 486 g/mol. The van der Waals surface area contributed by atoms with Crippen LogP contribution in [0.2, 0.25) is 0 Å². The van der Waals surface area contributed by atoms with Gasteiger partial charge in [-0.1, -0.05) is 63.8 Å². The maximum Gasteiger partial charge on any atom is 0.421 e. The van der Waals surface area contributed by atoms with Crippen molar-refractivity contribution in [2.75, 3.05) is 17.2 Å². The molecule has 0 spiro atoms. The number of nitrogens with zero attached hydrogens (tertiary/aromatic N) is 2. The number of alkyl halides is 3. The van der Waals surface area contributed by atoms with Crippen LogP contribution >= 0.6 is 0 Å². The van der Waals surface area contributed by atoms with Gasteiger partial charge in [-0.25, -0.2) is 4.98 Å². The lowest BCUT2D eigenvalue weighted by molar-refractivity contribution is -0.137. The number of hydrogen-bond acceptors (Lipinski definition) is 5. The summed E-state index contributed by atoms with van der Waals surface area (Å²) in [6.45, 7) is 4.75. The summed E-state index contributed by atoms with van der Waals surface area (Å²) >= 11 is 0. The molecule has 0 unspecified atom stereocenters. The van der Waals surface area contributed by atoms with Gasteiger partial charge in [-0.3, -0.25) is 0 Å². The SMILES string of the molecule is CCCCCOc1ccccc1Nc1nc(Nc2ccc(CCCCC)cc2)ncc1C(F)(F)F. The number of rotatable bonds is 13. The summed E-state index contributed by atoms with van der Waals surface area (Å²) < 4.78 is 46.9. The third-order valence-electron chi connectivity index (χ3n) is 5.52. The number of nitrogens with one attached hydrogen (secondary N) is 2. The molecule has 0 atom stereocenters. The number of halogens is 3. The Balaban J connectivity index is 1.79. The molecule has 1 aromatic heterocycles. The molecule has 3 aromatic rings. The lowest BCUT2D eigenvalue weighted by Crippen LogP contribution is -2.13. The van der Waals surface area contributed by atoms with Crippen LogP contribution in [0, 0.1) is 0 Å². The Morgan fingerprint density at radius 3 is 2.29 bits per heavy atom. The van der Waals surface area contributed by atoms with Crippen LogP contribution in [-0.4, -0.2) is 16.6 Å². The van der Waals surface area contributed by atoms with Crippen molar-refractivity contribution in [2.24, 2.45) is 0 Å². The Bertz CT molecular complexity index is 1060. The van der Waals surface area contributed by atoms with Gasteiger partial charge in [-0.15, -0.1) is 0 Å². The van der Waals surface area contributed by atoms with Gasteiger partial charge in [0.25, 0.3) is 0 Å². The van der Waals surface area contributed by atoms with Gasteiger partial charge in [0.05, 0.1) is 12.3 Å². The van der Waals surface area contributed by atoms with Crippen LogP contribution in [0.5, 0.6) is 5.75 Å². The molecule has 5 nitrogen and oxygen atoms in total. The zero-order valence-corrected chi connectivity index (χ0v) is 20.3. The van der Waals surface area contributed by atoms with Gasteiger partial charge in [-0.05, 0) is 49.1 Å². The standard InChI is InChI=1S/C27H33F3N4O/c1-3-5-7-11-20-14-16-21(17-15-20)32-26-31-19-22(27(28,29)30)25(34-26)33-23-12-8-9-13-24(23)35-18-10-6-4-2/h8-9,12-17,19H,3-7,10-11,18H2,1-2H3,(H2,31,32,33,34). The molecule has 188 valence electrons. The van der Waals surface area contributed by atoms with E-state index in [0.717, 1.165) is 44.7 Å². The maximum atomic E-state index is 13.7. The zero-order chi connectivity index (χ0) is 25.1. The first-order valence-corrected chi connectivity index (χ1v) is 12.2. The van der Waals surface area contributed by atoms with Gasteiger partial charge in [0.15, 0.2) is 0 Å². The minimum atomic E-state index is -4.61. The van der Waals surface area contributed by atoms with E-state index in [4.69, 9.17) is 4.74 Å². The van der Waals surface area contributed by atoms with Crippen LogP contribution in [-0.2, 0) is 12.6 Å². The smallest absolute Gasteiger partial charge is 0.421 e. The summed E-state index contributed by atoms with van der Waals surface area (Å²) in [6.07, 6.45) is 3.60. The highest BCUT2D eigenvalue weighted by Gasteiger charge is 2.35. The van der Waals surface area contributed by atoms with Crippen LogP contribution in [0.4, 0.5) is 36.3 Å². The quantitative estimate of drug-likeness (QED) is 0.238. The minimum Gasteiger partial charge on any atom is -0.491 e. The molecule has 0 aliphatic rings. The molecule has 0 saturated heterocycles. The van der Waals surface area contributed by atoms with E-state index in [1.54, 1.807) is 24.3 Å². The zero-order valence-electron chi connectivity index (χ0n) is 20.3. The summed E-state index contributed by atoms with van der Waals surface area (Å²) in [5, 5.41) is 5.82. The van der Waals surface area contributed by atoms with Crippen molar-refractivity contribution in [3.05, 3.63) is 65.9 Å². The van der Waals surface area contributed by atoms with E-state index in [9.17, 15) is 13.2 Å². The number of aromatic nitrogens is 2. The second-order valence-corrected chi connectivity index (χ2v) is 8.41. The lowest BCUT2D eigenvalue weighted by Gasteiger charge is -2.17. The molecule has 3 rings (SSSR count). The van der Waals surface area contributed by atoms with Crippen LogP contribution < -0.4 is 15.4 Å². The summed E-state index contributed by atoms with van der Waals surface area (Å²) in [4.78, 5) is 8.06. The Hall–Kier alpha value is -3.29. The van der Waals surface area contributed by atoms with E-state index >= 15 is 0 Å². The van der Waals surface area contributed by atoms with E-state index in [2.05, 4.69) is 34.4 Å². The maximum absolute atomic E-state index is 13.7. The first-order chi connectivity index (χ1) is 16.9. The predicted octanol–water partition coefficient (Wildman–Crippen LogP) is 8.28. The molecular formula is C27H33F3N4O. The molecule has 0 radical (unpaired) electrons. The average molecular weight is 487 g/mol. The average Bonchev–Trinajstić information content (AvgIpc) is 2.83. The largest absolute Gasteiger partial charge is 0.491 e. The molecule has 2 N–H and O–H groups in total. The Labute approximate surface area is 205 Å². The van der Waals surface area contributed by atoms with Crippen LogP contribution in [0.15, 0.2) is 54.7 Å². The molecule has 0 amide bonds. The van der Waals surface area contributed by atoms with Crippen molar-refractivity contribution >= 4 is 23.1 Å². The summed E-state index contributed by atoms with van der Waals surface area (Å²) in [5.41, 5.74) is 1.38. The van der Waals surface area contributed by atoms with Crippen molar-refractivity contribution < 1.29 is 17.9 Å². The second kappa shape index (κ2) is 13.0. The molecule has 35 heavy (non-hydrogen) atoms. The Kier molecular flexibility index (Phi) is 9.76. The highest BCUT2D eigenvalue weighted by Crippen LogP contribution is 2.37. The van der Waals surface area contributed by atoms with E-state index in [1.165, 1.54) is 12.0 Å². The van der Waals surface area contributed by atoms with Gasteiger partial charge >= 0.3 is 6.18 Å². The van der Waals surface area contributed by atoms with Crippen molar-refractivity contribution in [1.29, 1.82) is 0 Å². The van der Waals surface area contributed by atoms with Crippen LogP contribution in [0.1, 0.15) is 63.5 Å². The number of ether oxygens (including phenoxy) is 1. The van der Waals surface area contributed by atoms with E-state index < -0.39 is 11.7 Å². The third kappa shape index (κ3) is 8.16. The van der Waals surface area contributed by atoms with Crippen molar-refractivity contribution in [2.45, 2.75) is 65.0 Å². The molecule has 0 saturated carbocycles. The summed E-state index contributed by atoms with van der Waals surface area (Å²) in [6, 6.07) is 14.7. The molecule has 0 aliphatic carbocycles. The molecule has 1 heterocycles. The molecular weight excluding hydrogens is 453 g/mol. The fourth-order valence-electron chi connectivity index (χ4n) is 3.57. The number of aryl methyl sites for hydroxylation is 1. The van der Waals surface area contributed by atoms with E-state index in [-0.39, 0.29) is 11.8 Å². The van der Waals surface area contributed by atoms with Gasteiger partial charge < -0.3 is 15.4 Å². The molecule has 2 aromatic carbocycles. The van der Waals surface area contributed by atoms with Gasteiger partial charge in [0.1, 0.15) is 17.1 Å². The number of para-hydroxylation sites is 2. The highest BCUT2D eigenvalue weighted by atomic mass is 19.4. The van der Waals surface area contributed by atoms with Gasteiger partial charge in [0.2, 0.25) is 5.95 Å². The topological polar surface area (TPSA) is 59.1 Å². The van der Waals surface area contributed by atoms with E-state index in [1.807, 2.05) is 24.3 Å². The summed E-state index contributed by atoms with van der Waals surface area (Å²) in [5.74, 6) is 0.208. The van der Waals surface area contributed by atoms with Crippen molar-refractivity contribution in [3.63, 3.8) is 0 Å². The first kappa shape index (κ1) is 26.3.